The molecule has 0 radical (unpaired) electrons. The van der Waals surface area contributed by atoms with Crippen LogP contribution in [0.1, 0.15) is 20.8 Å². The van der Waals surface area contributed by atoms with Crippen LogP contribution in [0.3, 0.4) is 0 Å². The van der Waals surface area contributed by atoms with E-state index in [1.807, 2.05) is 13.8 Å². The second-order valence-corrected chi connectivity index (χ2v) is 5.05. The number of amides is 3. The maximum absolute atomic E-state index is 11.8. The van der Waals surface area contributed by atoms with E-state index in [9.17, 15) is 9.59 Å². The van der Waals surface area contributed by atoms with Crippen LogP contribution in [0.4, 0.5) is 10.5 Å². The summed E-state index contributed by atoms with van der Waals surface area (Å²) in [7, 11) is 1.53. The Hall–Kier alpha value is -2.31. The number of nitrogens with one attached hydrogen (secondary N) is 3. The Labute approximate surface area is 124 Å². The molecule has 0 fully saturated rings. The first-order valence-corrected chi connectivity index (χ1v) is 6.77. The quantitative estimate of drug-likeness (QED) is 0.737. The van der Waals surface area contributed by atoms with E-state index in [0.717, 1.165) is 0 Å². The van der Waals surface area contributed by atoms with Crippen molar-refractivity contribution in [3.05, 3.63) is 18.3 Å². The van der Waals surface area contributed by atoms with Gasteiger partial charge in [-0.05, 0) is 18.9 Å². The molecule has 3 amide bonds. The van der Waals surface area contributed by atoms with Crippen LogP contribution < -0.4 is 20.7 Å². The molecule has 1 aromatic rings. The number of hydrogen-bond donors (Lipinski definition) is 3. The summed E-state index contributed by atoms with van der Waals surface area (Å²) in [6.07, 6.45) is 1.56. The summed E-state index contributed by atoms with van der Waals surface area (Å²) in [4.78, 5) is 27.4. The average Bonchev–Trinajstić information content (AvgIpc) is 2.45. The third-order valence-electron chi connectivity index (χ3n) is 2.63. The average molecular weight is 294 g/mol. The smallest absolute Gasteiger partial charge is 0.321 e. The molecule has 7 nitrogen and oxygen atoms in total. The van der Waals surface area contributed by atoms with Gasteiger partial charge in [-0.1, -0.05) is 13.8 Å². The molecule has 1 heterocycles. The van der Waals surface area contributed by atoms with E-state index in [1.54, 1.807) is 25.3 Å². The predicted octanol–water partition coefficient (Wildman–Crippen LogP) is 1.37. The molecule has 1 aromatic heterocycles. The molecule has 0 saturated heterocycles. The van der Waals surface area contributed by atoms with Gasteiger partial charge in [-0.3, -0.25) is 10.1 Å². The summed E-state index contributed by atoms with van der Waals surface area (Å²) in [6, 6.07) is 2.37. The number of carbonyl (C=O) groups excluding carboxylic acids is 2. The molecule has 0 aliphatic carbocycles. The van der Waals surface area contributed by atoms with Crippen molar-refractivity contribution < 1.29 is 14.3 Å². The van der Waals surface area contributed by atoms with E-state index in [2.05, 4.69) is 20.9 Å². The highest BCUT2D eigenvalue weighted by Gasteiger charge is 2.15. The molecule has 7 heteroatoms. The van der Waals surface area contributed by atoms with Gasteiger partial charge in [0.2, 0.25) is 11.8 Å². The Balaban J connectivity index is 2.44. The lowest BCUT2D eigenvalue weighted by molar-refractivity contribution is -0.120. The number of nitrogens with zero attached hydrogens (tertiary/aromatic N) is 1. The van der Waals surface area contributed by atoms with Crippen molar-refractivity contribution in [2.75, 3.05) is 19.0 Å². The van der Waals surface area contributed by atoms with Crippen LogP contribution in [0.5, 0.6) is 5.88 Å². The number of hydrogen-bond acceptors (Lipinski definition) is 5. The highest BCUT2D eigenvalue weighted by Crippen LogP contribution is 2.11. The van der Waals surface area contributed by atoms with Crippen LogP contribution in [-0.2, 0) is 4.79 Å². The molecule has 1 unspecified atom stereocenters. The van der Waals surface area contributed by atoms with Gasteiger partial charge in [0, 0.05) is 12.6 Å². The number of rotatable bonds is 6. The van der Waals surface area contributed by atoms with Crippen LogP contribution >= 0.6 is 0 Å². The Morgan fingerprint density at radius 2 is 2.00 bits per heavy atom. The number of aromatic nitrogens is 1. The van der Waals surface area contributed by atoms with Gasteiger partial charge in [-0.25, -0.2) is 9.78 Å². The van der Waals surface area contributed by atoms with E-state index in [4.69, 9.17) is 4.74 Å². The molecule has 116 valence electrons. The van der Waals surface area contributed by atoms with Crippen LogP contribution in [-0.4, -0.2) is 36.6 Å². The van der Waals surface area contributed by atoms with Crippen LogP contribution in [0.2, 0.25) is 0 Å². The first-order valence-electron chi connectivity index (χ1n) is 6.77. The fourth-order valence-electron chi connectivity index (χ4n) is 1.46. The summed E-state index contributed by atoms with van der Waals surface area (Å²) in [5.41, 5.74) is 0.668. The predicted molar refractivity (Wildman–Crippen MR) is 80.3 cm³/mol. The van der Waals surface area contributed by atoms with E-state index in [0.29, 0.717) is 24.0 Å². The molecule has 0 aromatic carbocycles. The monoisotopic (exact) mass is 294 g/mol. The molecule has 0 bridgehead atoms. The van der Waals surface area contributed by atoms with Crippen molar-refractivity contribution in [2.24, 2.45) is 5.92 Å². The number of carbonyl (C=O) groups is 2. The second-order valence-electron chi connectivity index (χ2n) is 5.05. The van der Waals surface area contributed by atoms with E-state index in [-0.39, 0.29) is 0 Å². The zero-order chi connectivity index (χ0) is 15.8. The van der Waals surface area contributed by atoms with Crippen molar-refractivity contribution in [1.82, 2.24) is 15.6 Å². The minimum Gasteiger partial charge on any atom is -0.481 e. The molecule has 0 aliphatic rings. The first kappa shape index (κ1) is 16.7. The molecular weight excluding hydrogens is 272 g/mol. The Kier molecular flexibility index (Phi) is 6.45. The van der Waals surface area contributed by atoms with Crippen molar-refractivity contribution in [2.45, 2.75) is 26.8 Å². The molecule has 0 spiro atoms. The van der Waals surface area contributed by atoms with Crippen molar-refractivity contribution >= 4 is 17.6 Å². The number of anilines is 1. The lowest BCUT2D eigenvalue weighted by Gasteiger charge is -2.15. The van der Waals surface area contributed by atoms with Crippen LogP contribution in [0.15, 0.2) is 18.3 Å². The number of pyridine rings is 1. The first-order chi connectivity index (χ1) is 9.92. The van der Waals surface area contributed by atoms with Gasteiger partial charge in [0.15, 0.2) is 0 Å². The zero-order valence-electron chi connectivity index (χ0n) is 12.8. The van der Waals surface area contributed by atoms with Gasteiger partial charge in [0.25, 0.3) is 0 Å². The van der Waals surface area contributed by atoms with Gasteiger partial charge < -0.3 is 15.4 Å². The van der Waals surface area contributed by atoms with Gasteiger partial charge in [0.1, 0.15) is 6.04 Å². The lowest BCUT2D eigenvalue weighted by atomic mass is 10.2. The van der Waals surface area contributed by atoms with E-state index < -0.39 is 18.0 Å². The third kappa shape index (κ3) is 6.11. The topological polar surface area (TPSA) is 92.4 Å². The molecule has 1 rings (SSSR count). The number of imide groups is 1. The molecule has 3 N–H and O–H groups in total. The van der Waals surface area contributed by atoms with E-state index in [1.165, 1.54) is 7.11 Å². The molecule has 1 atom stereocenters. The molecule has 21 heavy (non-hydrogen) atoms. The van der Waals surface area contributed by atoms with Crippen LogP contribution in [0.25, 0.3) is 0 Å². The van der Waals surface area contributed by atoms with Crippen LogP contribution in [0, 0.1) is 5.92 Å². The highest BCUT2D eigenvalue weighted by atomic mass is 16.5. The number of ether oxygens (including phenoxy) is 1. The minimum absolute atomic E-state index is 0.326. The Bertz CT molecular complexity index is 474. The normalized spacial score (nSPS) is 11.7. The molecular formula is C14H22N4O3. The third-order valence-corrected chi connectivity index (χ3v) is 2.63. The van der Waals surface area contributed by atoms with Crippen molar-refractivity contribution in [1.29, 1.82) is 0 Å². The van der Waals surface area contributed by atoms with Gasteiger partial charge >= 0.3 is 6.03 Å². The maximum atomic E-state index is 11.8. The number of urea groups is 1. The fourth-order valence-corrected chi connectivity index (χ4v) is 1.46. The van der Waals surface area contributed by atoms with Crippen molar-refractivity contribution in [3.63, 3.8) is 0 Å². The van der Waals surface area contributed by atoms with Gasteiger partial charge in [0.05, 0.1) is 19.0 Å². The number of methoxy groups -OCH3 is 1. The zero-order valence-corrected chi connectivity index (χ0v) is 12.8. The fraction of sp³-hybridized carbons (Fsp3) is 0.500. The van der Waals surface area contributed by atoms with Gasteiger partial charge in [-0.2, -0.15) is 0 Å². The largest absolute Gasteiger partial charge is 0.481 e. The Morgan fingerprint density at radius 3 is 2.52 bits per heavy atom. The summed E-state index contributed by atoms with van der Waals surface area (Å²) in [6.45, 7) is 6.13. The maximum Gasteiger partial charge on any atom is 0.321 e. The van der Waals surface area contributed by atoms with E-state index >= 15 is 0 Å². The standard InChI is InChI=1S/C14H22N4O3/c1-9(2)7-16-14(20)18-13(19)10(3)17-11-5-6-12(21-4)15-8-11/h5-6,8-10,17H,7H2,1-4H3,(H2,16,18,19,20). The van der Waals surface area contributed by atoms with Gasteiger partial charge in [-0.15, -0.1) is 0 Å². The molecule has 0 aliphatic heterocycles. The summed E-state index contributed by atoms with van der Waals surface area (Å²) < 4.78 is 4.95. The SMILES string of the molecule is COc1ccc(NC(C)C(=O)NC(=O)NCC(C)C)cn1. The summed E-state index contributed by atoms with van der Waals surface area (Å²) >= 11 is 0. The second kappa shape index (κ2) is 8.08. The Morgan fingerprint density at radius 1 is 1.29 bits per heavy atom. The van der Waals surface area contributed by atoms with Crippen molar-refractivity contribution in [3.8, 4) is 5.88 Å². The minimum atomic E-state index is -0.565. The summed E-state index contributed by atoms with van der Waals surface area (Å²) in [5.74, 6) is 0.407. The molecule has 0 saturated carbocycles. The lowest BCUT2D eigenvalue weighted by Crippen LogP contribution is -2.46. The highest BCUT2D eigenvalue weighted by molar-refractivity contribution is 5.97. The summed E-state index contributed by atoms with van der Waals surface area (Å²) in [5, 5.41) is 7.85.